The molecule has 2 rings (SSSR count). The number of aryl methyl sites for hydroxylation is 1. The van der Waals surface area contributed by atoms with Crippen LogP contribution in [0.5, 0.6) is 0 Å². The molecule has 0 unspecified atom stereocenters. The Labute approximate surface area is 122 Å². The van der Waals surface area contributed by atoms with Gasteiger partial charge in [-0.05, 0) is 26.7 Å². The van der Waals surface area contributed by atoms with Crippen LogP contribution in [0.15, 0.2) is 12.4 Å². The molecule has 1 fully saturated rings. The summed E-state index contributed by atoms with van der Waals surface area (Å²) in [5, 5.41) is 12.9. The van der Waals surface area contributed by atoms with Gasteiger partial charge >= 0.3 is 0 Å². The molecule has 5 nitrogen and oxygen atoms in total. The van der Waals surface area contributed by atoms with E-state index in [9.17, 15) is 18.7 Å². The Hall–Kier alpha value is -1.50. The van der Waals surface area contributed by atoms with Crippen molar-refractivity contribution in [2.75, 3.05) is 6.54 Å². The molecule has 0 bridgehead atoms. The Morgan fingerprint density at radius 3 is 2.62 bits per heavy atom. The lowest BCUT2D eigenvalue weighted by atomic mass is 9.82. The zero-order valence-corrected chi connectivity index (χ0v) is 12.3. The van der Waals surface area contributed by atoms with Crippen LogP contribution in [-0.4, -0.2) is 38.6 Å². The monoisotopic (exact) mass is 301 g/mol. The maximum Gasteiger partial charge on any atom is 0.248 e. The van der Waals surface area contributed by atoms with E-state index < -0.39 is 17.6 Å². The minimum atomic E-state index is -2.70. The average Bonchev–Trinajstić information content (AvgIpc) is 2.85. The number of hydrogen-bond acceptors (Lipinski definition) is 3. The summed E-state index contributed by atoms with van der Waals surface area (Å²) < 4.78 is 27.9. The van der Waals surface area contributed by atoms with Crippen LogP contribution in [0.2, 0.25) is 0 Å². The zero-order chi connectivity index (χ0) is 15.7. The van der Waals surface area contributed by atoms with Crippen LogP contribution in [0, 0.1) is 6.92 Å². The highest BCUT2D eigenvalue weighted by Crippen LogP contribution is 2.38. The highest BCUT2D eigenvalue weighted by atomic mass is 19.3. The maximum atomic E-state index is 13.1. The first kappa shape index (κ1) is 15.9. The molecule has 1 aliphatic rings. The Kier molecular flexibility index (Phi) is 4.32. The van der Waals surface area contributed by atoms with Gasteiger partial charge in [-0.25, -0.2) is 13.8 Å². The lowest BCUT2D eigenvalue weighted by Crippen LogP contribution is -2.48. The fraction of sp³-hybridized carbons (Fsp3) is 0.714. The molecule has 1 aromatic rings. The predicted octanol–water partition coefficient (Wildman–Crippen LogP) is 1.81. The average molecular weight is 301 g/mol. The molecule has 7 heteroatoms. The van der Waals surface area contributed by atoms with E-state index in [4.69, 9.17) is 0 Å². The van der Waals surface area contributed by atoms with Crippen molar-refractivity contribution in [3.63, 3.8) is 0 Å². The van der Waals surface area contributed by atoms with Gasteiger partial charge in [0.05, 0.1) is 5.60 Å². The van der Waals surface area contributed by atoms with E-state index in [1.165, 1.54) is 0 Å². The number of aromatic nitrogens is 2. The van der Waals surface area contributed by atoms with Crippen LogP contribution in [0.4, 0.5) is 8.78 Å². The van der Waals surface area contributed by atoms with Crippen molar-refractivity contribution in [1.29, 1.82) is 0 Å². The topological polar surface area (TPSA) is 67.2 Å². The van der Waals surface area contributed by atoms with Gasteiger partial charge in [-0.3, -0.25) is 4.79 Å². The number of nitrogens with zero attached hydrogens (tertiary/aromatic N) is 2. The third kappa shape index (κ3) is 3.78. The van der Waals surface area contributed by atoms with Gasteiger partial charge in [0, 0.05) is 31.8 Å². The minimum Gasteiger partial charge on any atom is -0.388 e. The number of nitrogens with one attached hydrogen (secondary N) is 1. The van der Waals surface area contributed by atoms with E-state index in [0.717, 1.165) is 0 Å². The molecule has 0 spiro atoms. The number of rotatable bonds is 4. The van der Waals surface area contributed by atoms with Gasteiger partial charge < -0.3 is 15.0 Å². The number of amides is 1. The summed E-state index contributed by atoms with van der Waals surface area (Å²) >= 11 is 0. The Morgan fingerprint density at radius 1 is 1.48 bits per heavy atom. The lowest BCUT2D eigenvalue weighted by Gasteiger charge is -2.36. The molecule has 1 saturated carbocycles. The molecule has 1 amide bonds. The van der Waals surface area contributed by atoms with Crippen LogP contribution in [0.3, 0.4) is 0 Å². The second-order valence-electron chi connectivity index (χ2n) is 5.86. The lowest BCUT2D eigenvalue weighted by molar-refractivity contribution is -0.128. The number of carbonyl (C=O) groups excluding carboxylic acids is 1. The highest BCUT2D eigenvalue weighted by Gasteiger charge is 2.42. The first-order chi connectivity index (χ1) is 9.72. The number of hydrogen-bond donors (Lipinski definition) is 2. The molecule has 0 saturated heterocycles. The van der Waals surface area contributed by atoms with Crippen LogP contribution in [0.25, 0.3) is 0 Å². The Morgan fingerprint density at radius 2 is 2.10 bits per heavy atom. The number of carbonyl (C=O) groups is 1. The van der Waals surface area contributed by atoms with E-state index in [2.05, 4.69) is 10.3 Å². The SMILES string of the molecule is Cc1nccn1[C@@H](C)C(=O)NCC1(O)CCC(F)(F)CC1. The number of aliphatic hydroxyl groups is 1. The second kappa shape index (κ2) is 5.71. The van der Waals surface area contributed by atoms with Crippen molar-refractivity contribution >= 4 is 5.91 Å². The van der Waals surface area contributed by atoms with Crippen molar-refractivity contribution < 1.29 is 18.7 Å². The summed E-state index contributed by atoms with van der Waals surface area (Å²) in [5.74, 6) is -2.24. The minimum absolute atomic E-state index is 0.00000189. The first-order valence-electron chi connectivity index (χ1n) is 7.10. The third-order valence-electron chi connectivity index (χ3n) is 4.16. The van der Waals surface area contributed by atoms with Crippen LogP contribution in [0.1, 0.15) is 44.5 Å². The molecule has 1 heterocycles. The van der Waals surface area contributed by atoms with Gasteiger partial charge in [0.15, 0.2) is 0 Å². The summed E-state index contributed by atoms with van der Waals surface area (Å²) in [6.07, 6.45) is 2.63. The molecule has 1 aliphatic carbocycles. The van der Waals surface area contributed by atoms with Crippen molar-refractivity contribution in [2.24, 2.45) is 0 Å². The molecule has 0 aliphatic heterocycles. The first-order valence-corrected chi connectivity index (χ1v) is 7.10. The molecule has 2 N–H and O–H groups in total. The van der Waals surface area contributed by atoms with E-state index >= 15 is 0 Å². The second-order valence-corrected chi connectivity index (χ2v) is 5.86. The molecule has 21 heavy (non-hydrogen) atoms. The van der Waals surface area contributed by atoms with Crippen LogP contribution in [-0.2, 0) is 4.79 Å². The third-order valence-corrected chi connectivity index (χ3v) is 4.16. The number of halogens is 2. The van der Waals surface area contributed by atoms with Crippen molar-refractivity contribution in [1.82, 2.24) is 14.9 Å². The van der Waals surface area contributed by atoms with Gasteiger partial charge in [-0.1, -0.05) is 0 Å². The Bertz CT molecular complexity index is 506. The van der Waals surface area contributed by atoms with Crippen molar-refractivity contribution in [3.8, 4) is 0 Å². The van der Waals surface area contributed by atoms with E-state index in [0.29, 0.717) is 5.82 Å². The van der Waals surface area contributed by atoms with E-state index in [1.807, 2.05) is 0 Å². The molecular weight excluding hydrogens is 280 g/mol. The molecule has 1 atom stereocenters. The van der Waals surface area contributed by atoms with E-state index in [1.54, 1.807) is 30.8 Å². The van der Waals surface area contributed by atoms with Crippen molar-refractivity contribution in [3.05, 3.63) is 18.2 Å². The smallest absolute Gasteiger partial charge is 0.248 e. The van der Waals surface area contributed by atoms with Gasteiger partial charge in [-0.15, -0.1) is 0 Å². The fourth-order valence-electron chi connectivity index (χ4n) is 2.58. The molecule has 0 radical (unpaired) electrons. The summed E-state index contributed by atoms with van der Waals surface area (Å²) in [4.78, 5) is 16.1. The quantitative estimate of drug-likeness (QED) is 0.891. The van der Waals surface area contributed by atoms with Crippen LogP contribution >= 0.6 is 0 Å². The molecule has 1 aromatic heterocycles. The van der Waals surface area contributed by atoms with E-state index in [-0.39, 0.29) is 38.1 Å². The molecule has 118 valence electrons. The highest BCUT2D eigenvalue weighted by molar-refractivity contribution is 5.80. The van der Waals surface area contributed by atoms with Crippen molar-refractivity contribution in [2.45, 2.75) is 57.1 Å². The zero-order valence-electron chi connectivity index (χ0n) is 12.3. The standard InChI is InChI=1S/C14H21F2N3O2/c1-10(19-8-7-17-11(19)2)12(20)18-9-13(21)3-5-14(15,16)6-4-13/h7-8,10,21H,3-6,9H2,1-2H3,(H,18,20)/t10-/m0/s1. The predicted molar refractivity (Wildman–Crippen MR) is 73.0 cm³/mol. The number of imidazole rings is 1. The normalized spacial score (nSPS) is 21.8. The summed E-state index contributed by atoms with van der Waals surface area (Å²) in [6, 6.07) is -0.457. The summed E-state index contributed by atoms with van der Waals surface area (Å²) in [6.45, 7) is 3.52. The maximum absolute atomic E-state index is 13.1. The summed E-state index contributed by atoms with van der Waals surface area (Å²) in [5.41, 5.74) is -1.24. The van der Waals surface area contributed by atoms with Gasteiger partial charge in [0.25, 0.3) is 0 Å². The van der Waals surface area contributed by atoms with Gasteiger partial charge in [0.1, 0.15) is 11.9 Å². The summed E-state index contributed by atoms with van der Waals surface area (Å²) in [7, 11) is 0. The Balaban J connectivity index is 1.88. The largest absolute Gasteiger partial charge is 0.388 e. The molecule has 0 aromatic carbocycles. The van der Waals surface area contributed by atoms with Gasteiger partial charge in [0.2, 0.25) is 11.8 Å². The van der Waals surface area contributed by atoms with Crippen LogP contribution < -0.4 is 5.32 Å². The fourth-order valence-corrected chi connectivity index (χ4v) is 2.58. The molecular formula is C14H21F2N3O2. The number of alkyl halides is 2. The van der Waals surface area contributed by atoms with Gasteiger partial charge in [-0.2, -0.15) is 0 Å².